The molecule has 0 unspecified atom stereocenters. The molecule has 0 saturated heterocycles. The van der Waals surface area contributed by atoms with E-state index in [-0.39, 0.29) is 50.1 Å². The van der Waals surface area contributed by atoms with Gasteiger partial charge in [0.05, 0.1) is 11.1 Å². The van der Waals surface area contributed by atoms with E-state index in [1.165, 1.54) is 5.57 Å². The van der Waals surface area contributed by atoms with Gasteiger partial charge in [-0.25, -0.2) is 4.98 Å². The monoisotopic (exact) mass is 598 g/mol. The van der Waals surface area contributed by atoms with Crippen molar-refractivity contribution in [1.29, 1.82) is 0 Å². The van der Waals surface area contributed by atoms with E-state index in [2.05, 4.69) is 45.7 Å². The normalized spacial score (nSPS) is 14.1. The molecule has 5 heteroatoms. The number of benzene rings is 1. The largest absolute Gasteiger partial charge is 0.486 e. The second-order valence-corrected chi connectivity index (χ2v) is 6.71. The van der Waals surface area contributed by atoms with Crippen molar-refractivity contribution in [3.8, 4) is 11.3 Å². The summed E-state index contributed by atoms with van der Waals surface area (Å²) in [6.07, 6.45) is 12.6. The molecule has 1 aliphatic carbocycles. The van der Waals surface area contributed by atoms with Gasteiger partial charge in [-0.3, -0.25) is 0 Å². The minimum atomic E-state index is -0.364. The third-order valence-electron chi connectivity index (χ3n) is 4.76. The molecule has 0 atom stereocenters. The Balaban J connectivity index is 0.000000198. The fourth-order valence-corrected chi connectivity index (χ4v) is 3.34. The summed E-state index contributed by atoms with van der Waals surface area (Å²) in [6.45, 7) is 0. The van der Waals surface area contributed by atoms with E-state index in [0.29, 0.717) is 16.9 Å². The van der Waals surface area contributed by atoms with Crippen LogP contribution in [0, 0.1) is 12.5 Å². The van der Waals surface area contributed by atoms with E-state index < -0.39 is 0 Å². The zero-order chi connectivity index (χ0) is 24.4. The standard InChI is InChI=1S/C16H9N2O.C11H10N.Ir/c1-2-9-17-14(8-1)13-6-3-5-11-12-7-4-10-18-16(12)19-15(11)13;1-2-6-10(7-3-1)11-8-4-5-9-12-11;/h1-5,7-10H;1-2,4-9H,3H2;/q2*-1;/i1D,2D,8D,9D;;. The van der Waals surface area contributed by atoms with E-state index in [0.717, 1.165) is 22.9 Å². The van der Waals surface area contributed by atoms with Gasteiger partial charge in [-0.2, -0.15) is 18.1 Å². The fraction of sp³-hybridized carbons (Fsp3) is 0.0370. The molecule has 6 rings (SSSR count). The number of fused-ring (bicyclic) bond motifs is 3. The first-order chi connectivity index (χ1) is 17.0. The molecule has 0 N–H and O–H groups in total. The van der Waals surface area contributed by atoms with Gasteiger partial charge in [0.15, 0.2) is 0 Å². The maximum absolute atomic E-state index is 8.05. The predicted octanol–water partition coefficient (Wildman–Crippen LogP) is 6.47. The van der Waals surface area contributed by atoms with Crippen LogP contribution in [0.3, 0.4) is 0 Å². The minimum absolute atomic E-state index is 0. The summed E-state index contributed by atoms with van der Waals surface area (Å²) in [5.41, 5.74) is 3.70. The molecular formula is C27H19IrN3O-2. The quantitative estimate of drug-likeness (QED) is 0.219. The summed E-state index contributed by atoms with van der Waals surface area (Å²) in [4.78, 5) is 12.4. The van der Waals surface area contributed by atoms with Crippen LogP contribution in [-0.4, -0.2) is 15.0 Å². The molecule has 5 aromatic rings. The third kappa shape index (κ3) is 4.54. The summed E-state index contributed by atoms with van der Waals surface area (Å²) >= 11 is 0. The molecule has 4 nitrogen and oxygen atoms in total. The second-order valence-electron chi connectivity index (χ2n) is 6.71. The van der Waals surface area contributed by atoms with Crippen molar-refractivity contribution in [3.05, 3.63) is 116 Å². The van der Waals surface area contributed by atoms with Crippen molar-refractivity contribution in [2.24, 2.45) is 0 Å². The van der Waals surface area contributed by atoms with Crippen LogP contribution in [0.1, 0.15) is 17.6 Å². The predicted molar refractivity (Wildman–Crippen MR) is 124 cm³/mol. The number of aromatic nitrogens is 3. The van der Waals surface area contributed by atoms with E-state index in [1.54, 1.807) is 18.3 Å². The van der Waals surface area contributed by atoms with Crippen molar-refractivity contribution in [3.63, 3.8) is 0 Å². The smallest absolute Gasteiger partial charge is 0.216 e. The molecule has 0 aliphatic heterocycles. The summed E-state index contributed by atoms with van der Waals surface area (Å²) in [7, 11) is 0. The van der Waals surface area contributed by atoms with Crippen LogP contribution in [0.4, 0.5) is 0 Å². The van der Waals surface area contributed by atoms with Crippen molar-refractivity contribution < 1.29 is 30.0 Å². The third-order valence-corrected chi connectivity index (χ3v) is 4.76. The minimum Gasteiger partial charge on any atom is -0.486 e. The Morgan fingerprint density at radius 2 is 1.91 bits per heavy atom. The molecule has 1 aliphatic rings. The van der Waals surface area contributed by atoms with Gasteiger partial charge in [-0.1, -0.05) is 41.6 Å². The topological polar surface area (TPSA) is 51.8 Å². The van der Waals surface area contributed by atoms with Gasteiger partial charge in [-0.05, 0) is 35.6 Å². The first-order valence-electron chi connectivity index (χ1n) is 11.8. The number of rotatable bonds is 2. The van der Waals surface area contributed by atoms with Crippen LogP contribution >= 0.6 is 0 Å². The number of nitrogens with zero attached hydrogens (tertiary/aromatic N) is 3. The average Bonchev–Trinajstić information content (AvgIpc) is 3.30. The van der Waals surface area contributed by atoms with Crippen molar-refractivity contribution in [1.82, 2.24) is 15.0 Å². The maximum Gasteiger partial charge on any atom is 0.216 e. The van der Waals surface area contributed by atoms with Gasteiger partial charge in [0.1, 0.15) is 0 Å². The summed E-state index contributed by atoms with van der Waals surface area (Å²) in [5.74, 6) is 0. The molecule has 0 spiro atoms. The van der Waals surface area contributed by atoms with Gasteiger partial charge in [0, 0.05) is 44.1 Å². The Morgan fingerprint density at radius 1 is 0.969 bits per heavy atom. The van der Waals surface area contributed by atoms with Gasteiger partial charge < -0.3 is 14.4 Å². The van der Waals surface area contributed by atoms with E-state index in [4.69, 9.17) is 9.90 Å². The van der Waals surface area contributed by atoms with Crippen molar-refractivity contribution >= 4 is 27.6 Å². The Kier molecular flexibility index (Phi) is 5.43. The van der Waals surface area contributed by atoms with E-state index in [9.17, 15) is 0 Å². The van der Waals surface area contributed by atoms with Crippen LogP contribution in [-0.2, 0) is 20.1 Å². The van der Waals surface area contributed by atoms with Crippen molar-refractivity contribution in [2.75, 3.05) is 0 Å². The van der Waals surface area contributed by atoms with Crippen LogP contribution < -0.4 is 0 Å². The molecule has 1 radical (unpaired) electrons. The molecule has 159 valence electrons. The van der Waals surface area contributed by atoms with Crippen LogP contribution in [0.5, 0.6) is 0 Å². The molecule has 4 aromatic heterocycles. The molecule has 0 saturated carbocycles. The van der Waals surface area contributed by atoms with E-state index >= 15 is 0 Å². The molecule has 0 amide bonds. The summed E-state index contributed by atoms with van der Waals surface area (Å²) in [6, 6.07) is 15.2. The number of hydrogen-bond donors (Lipinski definition) is 0. The molecule has 1 aromatic carbocycles. The molecule has 0 fully saturated rings. The number of hydrogen-bond acceptors (Lipinski definition) is 4. The Morgan fingerprint density at radius 3 is 2.75 bits per heavy atom. The van der Waals surface area contributed by atoms with Gasteiger partial charge in [-0.15, -0.1) is 30.4 Å². The first-order valence-corrected chi connectivity index (χ1v) is 9.78. The zero-order valence-corrected chi connectivity index (χ0v) is 19.2. The number of allylic oxidation sites excluding steroid dienone is 4. The van der Waals surface area contributed by atoms with Crippen LogP contribution in [0.15, 0.2) is 102 Å². The Labute approximate surface area is 205 Å². The fourth-order valence-electron chi connectivity index (χ4n) is 3.34. The Hall–Kier alpha value is -3.53. The molecule has 0 bridgehead atoms. The number of furan rings is 1. The van der Waals surface area contributed by atoms with Gasteiger partial charge in [0.25, 0.3) is 0 Å². The average molecular weight is 598 g/mol. The number of pyridine rings is 3. The Bertz CT molecular complexity index is 1600. The summed E-state index contributed by atoms with van der Waals surface area (Å²) in [5, 5.41) is 1.63. The molecule has 4 heterocycles. The molecular weight excluding hydrogens is 575 g/mol. The maximum atomic E-state index is 8.05. The summed E-state index contributed by atoms with van der Waals surface area (Å²) < 4.78 is 36.9. The second kappa shape index (κ2) is 10.2. The SMILES string of the molecule is C1=CC[CH-]C(c2ccccn2)=C1.[2H]c1nc(-c2[c-]ccc3c2oc2ncccc23)c([2H])c([2H])c1[2H].[Ir]. The first kappa shape index (κ1) is 17.1. The van der Waals surface area contributed by atoms with Crippen LogP contribution in [0.2, 0.25) is 0 Å². The van der Waals surface area contributed by atoms with Gasteiger partial charge in [0.2, 0.25) is 5.71 Å². The molecule has 32 heavy (non-hydrogen) atoms. The van der Waals surface area contributed by atoms with Gasteiger partial charge >= 0.3 is 0 Å². The van der Waals surface area contributed by atoms with Crippen molar-refractivity contribution in [2.45, 2.75) is 6.42 Å². The van der Waals surface area contributed by atoms with E-state index in [1.807, 2.05) is 36.5 Å². The van der Waals surface area contributed by atoms with Crippen LogP contribution in [0.25, 0.3) is 38.9 Å². The zero-order valence-electron chi connectivity index (χ0n) is 20.8.